The Hall–Kier alpha value is -2.38. The highest BCUT2D eigenvalue weighted by Gasteiger charge is 2.38. The van der Waals surface area contributed by atoms with Gasteiger partial charge in [-0.1, -0.05) is 0 Å². The van der Waals surface area contributed by atoms with E-state index >= 15 is 0 Å². The summed E-state index contributed by atoms with van der Waals surface area (Å²) in [6, 6.07) is 5.79. The maximum Gasteiger partial charge on any atom is 0.471 e. The Balaban J connectivity index is 2.51. The van der Waals surface area contributed by atoms with Crippen molar-refractivity contribution >= 4 is 23.3 Å². The van der Waals surface area contributed by atoms with Crippen molar-refractivity contribution in [1.82, 2.24) is 5.32 Å². The molecule has 0 aliphatic rings. The van der Waals surface area contributed by atoms with Crippen LogP contribution in [-0.4, -0.2) is 30.3 Å². The molecule has 0 bridgehead atoms. The largest absolute Gasteiger partial charge is 0.471 e. The lowest BCUT2D eigenvalue weighted by atomic mass is 10.1. The lowest BCUT2D eigenvalue weighted by Crippen LogP contribution is -2.41. The first-order valence-corrected chi connectivity index (χ1v) is 5.46. The van der Waals surface area contributed by atoms with Crippen molar-refractivity contribution in [2.75, 3.05) is 11.9 Å². The summed E-state index contributed by atoms with van der Waals surface area (Å²) in [5.74, 6) is -3.14. The molecule has 1 aromatic rings. The Kier molecular flexibility index (Phi) is 4.84. The number of alkyl halides is 3. The van der Waals surface area contributed by atoms with Gasteiger partial charge in [-0.15, -0.1) is 0 Å². The van der Waals surface area contributed by atoms with Crippen molar-refractivity contribution in [2.24, 2.45) is 0 Å². The van der Waals surface area contributed by atoms with Gasteiger partial charge in [0.1, 0.15) is 0 Å². The minimum absolute atomic E-state index is 0.152. The molecule has 0 unspecified atom stereocenters. The van der Waals surface area contributed by atoms with Crippen LogP contribution in [0.5, 0.6) is 0 Å². The zero-order valence-corrected chi connectivity index (χ0v) is 10.4. The van der Waals surface area contributed by atoms with Crippen LogP contribution in [0.15, 0.2) is 24.3 Å². The van der Waals surface area contributed by atoms with Crippen LogP contribution in [0, 0.1) is 0 Å². The zero-order valence-electron chi connectivity index (χ0n) is 10.4. The van der Waals surface area contributed by atoms with E-state index in [-0.39, 0.29) is 5.78 Å². The highest BCUT2D eigenvalue weighted by atomic mass is 19.4. The number of benzene rings is 1. The van der Waals surface area contributed by atoms with Gasteiger partial charge < -0.3 is 10.6 Å². The van der Waals surface area contributed by atoms with Gasteiger partial charge in [-0.05, 0) is 31.2 Å². The van der Waals surface area contributed by atoms with Gasteiger partial charge in [0.25, 0.3) is 0 Å². The molecule has 0 aliphatic carbocycles. The molecule has 2 N–H and O–H groups in total. The fourth-order valence-corrected chi connectivity index (χ4v) is 1.25. The third kappa shape index (κ3) is 4.71. The van der Waals surface area contributed by atoms with E-state index in [0.29, 0.717) is 11.3 Å². The summed E-state index contributed by atoms with van der Waals surface area (Å²) in [7, 11) is 0. The molecular weight excluding hydrogens is 277 g/mol. The van der Waals surface area contributed by atoms with Crippen molar-refractivity contribution in [3.05, 3.63) is 29.8 Å². The quantitative estimate of drug-likeness (QED) is 0.825. The Morgan fingerprint density at radius 1 is 1.10 bits per heavy atom. The van der Waals surface area contributed by atoms with E-state index in [1.165, 1.54) is 36.5 Å². The van der Waals surface area contributed by atoms with Crippen LogP contribution in [0.4, 0.5) is 18.9 Å². The zero-order chi connectivity index (χ0) is 15.3. The SMILES string of the molecule is CC(=O)c1ccc(NC(=O)CNC(=O)C(F)(F)F)cc1. The Bertz CT molecular complexity index is 524. The number of nitrogens with one attached hydrogen (secondary N) is 2. The highest BCUT2D eigenvalue weighted by Crippen LogP contribution is 2.14. The van der Waals surface area contributed by atoms with Gasteiger partial charge in [-0.25, -0.2) is 0 Å². The number of anilines is 1. The predicted molar refractivity (Wildman–Crippen MR) is 64.1 cm³/mol. The molecular formula is C12H11F3N2O3. The summed E-state index contributed by atoms with van der Waals surface area (Å²) < 4.78 is 35.6. The first-order valence-electron chi connectivity index (χ1n) is 5.46. The molecule has 1 aromatic carbocycles. The van der Waals surface area contributed by atoms with Gasteiger partial charge in [0.2, 0.25) is 5.91 Å². The molecule has 0 radical (unpaired) electrons. The van der Waals surface area contributed by atoms with Crippen LogP contribution >= 0.6 is 0 Å². The van der Waals surface area contributed by atoms with Crippen LogP contribution in [0.1, 0.15) is 17.3 Å². The topological polar surface area (TPSA) is 75.3 Å². The van der Waals surface area contributed by atoms with E-state index in [2.05, 4.69) is 5.32 Å². The summed E-state index contributed by atoms with van der Waals surface area (Å²) >= 11 is 0. The van der Waals surface area contributed by atoms with Gasteiger partial charge in [0, 0.05) is 11.3 Å². The molecule has 0 saturated heterocycles. The number of carbonyl (C=O) groups is 3. The Morgan fingerprint density at radius 2 is 1.65 bits per heavy atom. The van der Waals surface area contributed by atoms with Crippen LogP contribution in [0.3, 0.4) is 0 Å². The second-order valence-electron chi connectivity index (χ2n) is 3.86. The average Bonchev–Trinajstić information content (AvgIpc) is 2.35. The van der Waals surface area contributed by atoms with Crippen molar-refractivity contribution in [1.29, 1.82) is 0 Å². The van der Waals surface area contributed by atoms with Crippen LogP contribution in [0.2, 0.25) is 0 Å². The van der Waals surface area contributed by atoms with Crippen molar-refractivity contribution in [3.8, 4) is 0 Å². The summed E-state index contributed by atoms with van der Waals surface area (Å²) in [6.07, 6.45) is -5.02. The van der Waals surface area contributed by atoms with Gasteiger partial charge in [0.05, 0.1) is 6.54 Å². The molecule has 8 heteroatoms. The maximum absolute atomic E-state index is 11.9. The molecule has 0 fully saturated rings. The second-order valence-corrected chi connectivity index (χ2v) is 3.86. The number of hydrogen-bond acceptors (Lipinski definition) is 3. The summed E-state index contributed by atoms with van der Waals surface area (Å²) in [6.45, 7) is 0.576. The van der Waals surface area contributed by atoms with E-state index in [9.17, 15) is 27.6 Å². The van der Waals surface area contributed by atoms with Gasteiger partial charge in [-0.3, -0.25) is 14.4 Å². The summed E-state index contributed by atoms with van der Waals surface area (Å²) in [5, 5.41) is 3.72. The molecule has 0 spiro atoms. The van der Waals surface area contributed by atoms with E-state index in [1.54, 1.807) is 0 Å². The normalized spacial score (nSPS) is 10.8. The third-order valence-corrected chi connectivity index (χ3v) is 2.24. The summed E-state index contributed by atoms with van der Waals surface area (Å²) in [5.41, 5.74) is 0.745. The highest BCUT2D eigenvalue weighted by molar-refractivity contribution is 5.97. The number of rotatable bonds is 4. The fourth-order valence-electron chi connectivity index (χ4n) is 1.25. The maximum atomic E-state index is 11.9. The smallest absolute Gasteiger partial charge is 0.339 e. The van der Waals surface area contributed by atoms with E-state index in [4.69, 9.17) is 0 Å². The molecule has 1 rings (SSSR count). The lowest BCUT2D eigenvalue weighted by molar-refractivity contribution is -0.173. The minimum atomic E-state index is -5.02. The molecule has 0 heterocycles. The van der Waals surface area contributed by atoms with Crippen molar-refractivity contribution in [2.45, 2.75) is 13.1 Å². The molecule has 2 amide bonds. The minimum Gasteiger partial charge on any atom is -0.339 e. The summed E-state index contributed by atoms with van der Waals surface area (Å²) in [4.78, 5) is 32.8. The number of carbonyl (C=O) groups excluding carboxylic acids is 3. The first-order chi connectivity index (χ1) is 9.20. The molecule has 108 valence electrons. The lowest BCUT2D eigenvalue weighted by Gasteiger charge is -2.08. The average molecular weight is 288 g/mol. The third-order valence-electron chi connectivity index (χ3n) is 2.24. The molecule has 5 nitrogen and oxygen atoms in total. The molecule has 0 atom stereocenters. The monoisotopic (exact) mass is 288 g/mol. The number of Topliss-reactive ketones (excluding diaryl/α,β-unsaturated/α-hetero) is 1. The second kappa shape index (κ2) is 6.18. The van der Waals surface area contributed by atoms with Crippen LogP contribution < -0.4 is 10.6 Å². The Labute approximate surface area is 112 Å². The number of hydrogen-bond donors (Lipinski definition) is 2. The molecule has 20 heavy (non-hydrogen) atoms. The fraction of sp³-hybridized carbons (Fsp3) is 0.250. The van der Waals surface area contributed by atoms with E-state index < -0.39 is 24.5 Å². The number of ketones is 1. The predicted octanol–water partition coefficient (Wildman–Crippen LogP) is 1.51. The van der Waals surface area contributed by atoms with Crippen molar-refractivity contribution in [3.63, 3.8) is 0 Å². The molecule has 0 aromatic heterocycles. The van der Waals surface area contributed by atoms with E-state index in [1.807, 2.05) is 0 Å². The number of amides is 2. The van der Waals surface area contributed by atoms with Gasteiger partial charge in [0.15, 0.2) is 5.78 Å². The van der Waals surface area contributed by atoms with Crippen LogP contribution in [-0.2, 0) is 9.59 Å². The number of halogens is 3. The molecule has 0 aliphatic heterocycles. The van der Waals surface area contributed by atoms with E-state index in [0.717, 1.165) is 0 Å². The first kappa shape index (κ1) is 15.7. The van der Waals surface area contributed by atoms with Gasteiger partial charge in [-0.2, -0.15) is 13.2 Å². The van der Waals surface area contributed by atoms with Gasteiger partial charge >= 0.3 is 12.1 Å². The standard InChI is InChI=1S/C12H11F3N2O3/c1-7(18)8-2-4-9(5-3-8)17-10(19)6-16-11(20)12(13,14)15/h2-5H,6H2,1H3,(H,16,20)(H,17,19). The Morgan fingerprint density at radius 3 is 2.10 bits per heavy atom. The molecule has 0 saturated carbocycles. The van der Waals surface area contributed by atoms with Crippen molar-refractivity contribution < 1.29 is 27.6 Å². The van der Waals surface area contributed by atoms with Crippen LogP contribution in [0.25, 0.3) is 0 Å².